The Labute approximate surface area is 275 Å². The Bertz CT molecular complexity index is 1080. The predicted octanol–water partition coefficient (Wildman–Crippen LogP) is 8.80. The molecule has 2 aromatic rings. The van der Waals surface area contributed by atoms with Crippen molar-refractivity contribution in [3.63, 3.8) is 0 Å². The van der Waals surface area contributed by atoms with Gasteiger partial charge in [0.25, 0.3) is 0 Å². The molecule has 2 rings (SSSR count). The van der Waals surface area contributed by atoms with E-state index in [1.165, 1.54) is 42.4 Å². The maximum atomic E-state index is 6.66. The molecule has 0 aliphatic heterocycles. The Morgan fingerprint density at radius 2 is 0.690 bits per heavy atom. The van der Waals surface area contributed by atoms with Crippen molar-refractivity contribution in [1.82, 2.24) is 0 Å². The largest absolute Gasteiger partial charge is 0.458 e. The summed E-state index contributed by atoms with van der Waals surface area (Å²) in [5.41, 5.74) is 6.02. The summed E-state index contributed by atoms with van der Waals surface area (Å²) in [5, 5.41) is 3.04. The number of rotatable bonds is 9. The molecule has 0 heterocycles. The van der Waals surface area contributed by atoms with Crippen LogP contribution in [0.5, 0.6) is 0 Å². The molecule has 0 saturated heterocycles. The highest BCUT2D eigenvalue weighted by molar-refractivity contribution is 8.76. The molecule has 0 spiro atoms. The molecule has 0 aromatic heterocycles. The van der Waals surface area contributed by atoms with E-state index in [1.54, 1.807) is 0 Å². The van der Waals surface area contributed by atoms with E-state index >= 15 is 0 Å². The van der Waals surface area contributed by atoms with Crippen molar-refractivity contribution in [3.05, 3.63) is 46.5 Å². The molecule has 2 nitrogen and oxygen atoms in total. The predicted molar refractivity (Wildman–Crippen MR) is 205 cm³/mol. The molecule has 0 atom stereocenters. The minimum absolute atomic E-state index is 0.0404. The van der Waals surface area contributed by atoms with Crippen LogP contribution < -0.4 is 10.4 Å². The number of hydrogen-bond acceptors (Lipinski definition) is 4. The molecule has 0 unspecified atom stereocenters. The molecule has 8 heteroatoms. The summed E-state index contributed by atoms with van der Waals surface area (Å²) in [6.07, 6.45) is 0. The van der Waals surface area contributed by atoms with Crippen molar-refractivity contribution in [2.45, 2.75) is 154 Å². The second-order valence-corrected chi connectivity index (χ2v) is 29.6. The molecular weight excluding hydrogens is 617 g/mol. The smallest absolute Gasteiger partial charge is 0.206 e. The molecule has 0 fully saturated rings. The van der Waals surface area contributed by atoms with Gasteiger partial charge in [-0.2, -0.15) is 0 Å². The fourth-order valence-electron chi connectivity index (χ4n) is 5.95. The molecule has 0 radical (unpaired) electrons. The minimum Gasteiger partial charge on any atom is -0.458 e. The Hall–Kier alpha value is -0.0725. The summed E-state index contributed by atoms with van der Waals surface area (Å²) in [5.74, 6) is 0. The van der Waals surface area contributed by atoms with Gasteiger partial charge in [-0.3, -0.25) is 0 Å². The van der Waals surface area contributed by atoms with Crippen molar-refractivity contribution in [3.8, 4) is 0 Å². The summed E-state index contributed by atoms with van der Waals surface area (Å²) in [6.45, 7) is 42.6. The average molecular weight is 679 g/mol. The van der Waals surface area contributed by atoms with Crippen LogP contribution in [-0.4, -0.2) is 36.2 Å². The summed E-state index contributed by atoms with van der Waals surface area (Å²) < 4.78 is 13.3. The van der Waals surface area contributed by atoms with Crippen molar-refractivity contribution < 1.29 is 8.23 Å². The van der Waals surface area contributed by atoms with Crippen LogP contribution in [0, 0.1) is 0 Å². The van der Waals surface area contributed by atoms with Crippen LogP contribution in [0.3, 0.4) is 0 Å². The van der Waals surface area contributed by atoms with Crippen LogP contribution in [0.4, 0.5) is 0 Å². The standard InChI is InChI=1S/C34H62O2S2Si4/c1-31(2,3)25-19-23(20-26(32(4,5)6)29(25)41(15,16)35-39-13)37-38-24-21-27(33(7,8)9)30(42(17,18)36-40-14)28(22-24)34(10,11)12/h19-22H,39-40H2,1-18H3. The van der Waals surface area contributed by atoms with E-state index in [0.717, 1.165) is 0 Å². The maximum absolute atomic E-state index is 6.66. The molecule has 0 aliphatic carbocycles. The zero-order chi connectivity index (χ0) is 32.7. The summed E-state index contributed by atoms with van der Waals surface area (Å²) in [4.78, 5) is 2.68. The van der Waals surface area contributed by atoms with Crippen LogP contribution in [0.2, 0.25) is 39.3 Å². The molecule has 0 aliphatic rings. The van der Waals surface area contributed by atoms with Crippen LogP contribution in [0.15, 0.2) is 34.1 Å². The quantitative estimate of drug-likeness (QED) is 0.195. The van der Waals surface area contributed by atoms with Gasteiger partial charge in [-0.25, -0.2) is 0 Å². The van der Waals surface area contributed by atoms with Gasteiger partial charge in [-0.1, -0.05) is 118 Å². The highest BCUT2D eigenvalue weighted by Crippen LogP contribution is 2.43. The van der Waals surface area contributed by atoms with Gasteiger partial charge < -0.3 is 8.23 Å². The topological polar surface area (TPSA) is 18.5 Å². The third kappa shape index (κ3) is 9.24. The van der Waals surface area contributed by atoms with Crippen LogP contribution in [0.25, 0.3) is 0 Å². The van der Waals surface area contributed by atoms with Gasteiger partial charge in [-0.05, 0) is 105 Å². The lowest BCUT2D eigenvalue weighted by atomic mass is 9.80. The first-order chi connectivity index (χ1) is 18.8. The highest BCUT2D eigenvalue weighted by Gasteiger charge is 2.38. The van der Waals surface area contributed by atoms with Gasteiger partial charge in [-0.15, -0.1) is 0 Å². The fraction of sp³-hybridized carbons (Fsp3) is 0.647. The molecule has 42 heavy (non-hydrogen) atoms. The Kier molecular flexibility index (Phi) is 12.1. The second-order valence-electron chi connectivity index (χ2n) is 16.8. The molecule has 0 amide bonds. The van der Waals surface area contributed by atoms with Gasteiger partial charge in [0.1, 0.15) is 19.5 Å². The van der Waals surface area contributed by atoms with E-state index in [2.05, 4.69) is 147 Å². The number of hydrogen-bond donors (Lipinski definition) is 0. The molecule has 2 aromatic carbocycles. The van der Waals surface area contributed by atoms with E-state index in [0.29, 0.717) is 0 Å². The Balaban J connectivity index is 2.79. The van der Waals surface area contributed by atoms with Gasteiger partial charge >= 0.3 is 0 Å². The fourth-order valence-corrected chi connectivity index (χ4v) is 19.3. The molecule has 238 valence electrons. The van der Waals surface area contributed by atoms with E-state index in [9.17, 15) is 0 Å². The summed E-state index contributed by atoms with van der Waals surface area (Å²) in [6, 6.07) is 9.93. The van der Waals surface area contributed by atoms with E-state index in [4.69, 9.17) is 8.23 Å². The normalized spacial score (nSPS) is 14.6. The monoisotopic (exact) mass is 678 g/mol. The Morgan fingerprint density at radius 3 is 0.857 bits per heavy atom. The van der Waals surface area contributed by atoms with Gasteiger partial charge in [0.2, 0.25) is 16.6 Å². The second kappa shape index (κ2) is 13.3. The van der Waals surface area contributed by atoms with E-state index < -0.39 is 36.2 Å². The summed E-state index contributed by atoms with van der Waals surface area (Å²) >= 11 is 0. The average Bonchev–Trinajstić information content (AvgIpc) is 2.79. The van der Waals surface area contributed by atoms with Gasteiger partial charge in [0, 0.05) is 9.79 Å². The third-order valence-electron chi connectivity index (χ3n) is 7.90. The van der Waals surface area contributed by atoms with Crippen LogP contribution >= 0.6 is 21.6 Å². The van der Waals surface area contributed by atoms with Crippen molar-refractivity contribution in [2.75, 3.05) is 0 Å². The van der Waals surface area contributed by atoms with Gasteiger partial charge in [0.15, 0.2) is 0 Å². The SMILES string of the molecule is C[SiH2]O[Si](C)(C)c1c(C(C)(C)C)cc(SSc2cc(C(C)(C)C)c([Si](C)(C)O[SiH2]C)c(C(C)(C)C)c2)cc1C(C)(C)C. The first kappa shape index (κ1) is 38.1. The lowest BCUT2D eigenvalue weighted by molar-refractivity contribution is 0.560. The molecule has 0 N–H and O–H groups in total. The lowest BCUT2D eigenvalue weighted by Crippen LogP contribution is -2.52. The zero-order valence-corrected chi connectivity index (χ0v) is 36.8. The first-order valence-corrected chi connectivity index (χ1v) is 27.7. The minimum atomic E-state index is -2.05. The van der Waals surface area contributed by atoms with Crippen LogP contribution in [-0.2, 0) is 29.9 Å². The highest BCUT2D eigenvalue weighted by atomic mass is 33.1. The molecular formula is C34H62O2S2Si4. The molecule has 0 saturated carbocycles. The summed E-state index contributed by atoms with van der Waals surface area (Å²) in [7, 11) is -1.28. The third-order valence-corrected chi connectivity index (χ3v) is 21.8. The number of benzene rings is 2. The first-order valence-electron chi connectivity index (χ1n) is 15.8. The van der Waals surface area contributed by atoms with Crippen LogP contribution in [0.1, 0.15) is 105 Å². The zero-order valence-electron chi connectivity index (χ0n) is 30.4. The lowest BCUT2D eigenvalue weighted by Gasteiger charge is -2.38. The van der Waals surface area contributed by atoms with Crippen molar-refractivity contribution >= 4 is 68.1 Å². The van der Waals surface area contributed by atoms with E-state index in [-0.39, 0.29) is 21.7 Å². The van der Waals surface area contributed by atoms with Gasteiger partial charge in [0.05, 0.1) is 0 Å². The van der Waals surface area contributed by atoms with Crippen molar-refractivity contribution in [1.29, 1.82) is 0 Å². The van der Waals surface area contributed by atoms with E-state index in [1.807, 2.05) is 21.6 Å². The van der Waals surface area contributed by atoms with Crippen molar-refractivity contribution in [2.24, 2.45) is 0 Å². The Morgan fingerprint density at radius 1 is 0.476 bits per heavy atom. The maximum Gasteiger partial charge on any atom is 0.206 e. The molecule has 0 bridgehead atoms.